The summed E-state index contributed by atoms with van der Waals surface area (Å²) < 4.78 is 42.8. The minimum Gasteiger partial charge on any atom is -0.508 e. The molecule has 1 aliphatic rings. The van der Waals surface area contributed by atoms with E-state index in [4.69, 9.17) is 17.9 Å². The summed E-state index contributed by atoms with van der Waals surface area (Å²) in [4.78, 5) is 14.4. The molecule has 2 aromatic carbocycles. The van der Waals surface area contributed by atoms with Crippen LogP contribution in [-0.2, 0) is 20.8 Å². The zero-order chi connectivity index (χ0) is 28.0. The van der Waals surface area contributed by atoms with Gasteiger partial charge in [-0.05, 0) is 75.4 Å². The summed E-state index contributed by atoms with van der Waals surface area (Å²) in [5, 5.41) is 23.6. The number of cyclic esters (lactones) is 1. The van der Waals surface area contributed by atoms with Gasteiger partial charge in [0.2, 0.25) is 0 Å². The van der Waals surface area contributed by atoms with Crippen molar-refractivity contribution in [2.24, 2.45) is 0 Å². The van der Waals surface area contributed by atoms with Gasteiger partial charge in [0.1, 0.15) is 17.2 Å². The van der Waals surface area contributed by atoms with E-state index in [2.05, 4.69) is 5.32 Å². The fourth-order valence-electron chi connectivity index (χ4n) is 4.33. The first kappa shape index (κ1) is 30.2. The third-order valence-electron chi connectivity index (χ3n) is 6.73. The standard InChI is InChI=1S/C26H35FN2O4.HNO2S/c1-6-26(7-2)20-10-9-19(27)15-21(20)29(24(32)33-26)13-12-25(4,5)28-16-23(31)18-8-11-22(30)17(3)14-18;1-4(2)3/h8-11,14-15,23,28,30-31H,6-7,12-13,16H2,1-5H3;1H. The molecule has 0 saturated heterocycles. The van der Waals surface area contributed by atoms with E-state index >= 15 is 0 Å². The molecular formula is C26H36FN3O6S. The van der Waals surface area contributed by atoms with Gasteiger partial charge < -0.3 is 20.3 Å². The summed E-state index contributed by atoms with van der Waals surface area (Å²) in [6.07, 6.45) is 0.581. The van der Waals surface area contributed by atoms with Crippen LogP contribution in [0.3, 0.4) is 0 Å². The lowest BCUT2D eigenvalue weighted by Gasteiger charge is -2.42. The van der Waals surface area contributed by atoms with Gasteiger partial charge in [0, 0.05) is 24.2 Å². The molecular weight excluding hydrogens is 501 g/mol. The van der Waals surface area contributed by atoms with Crippen molar-refractivity contribution in [3.05, 3.63) is 58.9 Å². The number of carbonyl (C=O) groups excluding carboxylic acids is 1. The minimum atomic E-state index is -2.61. The lowest BCUT2D eigenvalue weighted by Crippen LogP contribution is -2.49. The topological polar surface area (TPSA) is 140 Å². The number of halogens is 1. The summed E-state index contributed by atoms with van der Waals surface area (Å²) in [6, 6.07) is 9.57. The molecule has 0 fully saturated rings. The molecule has 0 saturated carbocycles. The van der Waals surface area contributed by atoms with Crippen LogP contribution in [0.1, 0.15) is 69.8 Å². The van der Waals surface area contributed by atoms with Crippen molar-refractivity contribution < 1.29 is 32.6 Å². The monoisotopic (exact) mass is 537 g/mol. The molecule has 1 amide bonds. The van der Waals surface area contributed by atoms with Gasteiger partial charge in [-0.25, -0.2) is 9.18 Å². The van der Waals surface area contributed by atoms with Gasteiger partial charge in [0.15, 0.2) is 0 Å². The maximum atomic E-state index is 14.1. The van der Waals surface area contributed by atoms with Gasteiger partial charge in [-0.2, -0.15) is 13.2 Å². The Balaban J connectivity index is 0.00000112. The fraction of sp³-hybridized carbons (Fsp3) is 0.500. The van der Waals surface area contributed by atoms with Gasteiger partial charge in [-0.15, -0.1) is 0 Å². The Morgan fingerprint density at radius 2 is 1.81 bits per heavy atom. The van der Waals surface area contributed by atoms with Crippen LogP contribution >= 0.6 is 0 Å². The molecule has 4 N–H and O–H groups in total. The normalized spacial score (nSPS) is 15.2. The number of benzene rings is 2. The summed E-state index contributed by atoms with van der Waals surface area (Å²) >= 11 is 0. The SMILES string of the molecule is CCC1(CC)OC(=O)N(CCC(C)(C)NCC(O)c2ccc(O)c(C)c2)c2cc(F)ccc21.N=S(=O)=O. The van der Waals surface area contributed by atoms with Crippen LogP contribution in [0.25, 0.3) is 0 Å². The van der Waals surface area contributed by atoms with Crippen LogP contribution < -0.4 is 10.2 Å². The van der Waals surface area contributed by atoms with Gasteiger partial charge in [0.05, 0.1) is 11.8 Å². The first-order valence-electron chi connectivity index (χ1n) is 12.1. The summed E-state index contributed by atoms with van der Waals surface area (Å²) in [6.45, 7) is 10.3. The molecule has 1 aliphatic heterocycles. The van der Waals surface area contributed by atoms with Crippen molar-refractivity contribution in [3.63, 3.8) is 0 Å². The number of aliphatic hydroxyl groups is 1. The number of phenolic OH excluding ortho intramolecular Hbond substituents is 1. The molecule has 204 valence electrons. The Morgan fingerprint density at radius 3 is 2.38 bits per heavy atom. The highest BCUT2D eigenvalue weighted by atomic mass is 32.2. The second-order valence-corrected chi connectivity index (χ2v) is 10.2. The molecule has 0 spiro atoms. The fourth-order valence-corrected chi connectivity index (χ4v) is 4.33. The van der Waals surface area contributed by atoms with Crippen LogP contribution in [0.2, 0.25) is 0 Å². The van der Waals surface area contributed by atoms with Crippen molar-refractivity contribution in [2.45, 2.75) is 71.1 Å². The first-order valence-corrected chi connectivity index (χ1v) is 13.2. The smallest absolute Gasteiger partial charge is 0.415 e. The van der Waals surface area contributed by atoms with E-state index in [-0.39, 0.29) is 11.6 Å². The summed E-state index contributed by atoms with van der Waals surface area (Å²) in [5.74, 6) is -0.196. The number of rotatable bonds is 9. The van der Waals surface area contributed by atoms with Gasteiger partial charge >= 0.3 is 16.6 Å². The van der Waals surface area contributed by atoms with E-state index in [1.165, 1.54) is 17.0 Å². The van der Waals surface area contributed by atoms with Crippen LogP contribution in [0.15, 0.2) is 36.4 Å². The Labute approximate surface area is 218 Å². The number of hydrogen-bond donors (Lipinski definition) is 4. The lowest BCUT2D eigenvalue weighted by atomic mass is 9.85. The van der Waals surface area contributed by atoms with E-state index in [0.717, 1.165) is 5.56 Å². The maximum absolute atomic E-state index is 14.1. The largest absolute Gasteiger partial charge is 0.508 e. The van der Waals surface area contributed by atoms with E-state index in [1.54, 1.807) is 31.2 Å². The average Bonchev–Trinajstić information content (AvgIpc) is 2.82. The summed E-state index contributed by atoms with van der Waals surface area (Å²) in [7, 11) is -2.61. The number of aromatic hydroxyl groups is 1. The van der Waals surface area contributed by atoms with E-state index < -0.39 is 33.8 Å². The molecule has 1 heterocycles. The highest BCUT2D eigenvalue weighted by Crippen LogP contribution is 2.44. The lowest BCUT2D eigenvalue weighted by molar-refractivity contribution is -0.00141. The quantitative estimate of drug-likeness (QED) is 0.355. The second kappa shape index (κ2) is 12.5. The first-order chi connectivity index (χ1) is 17.2. The molecule has 0 aliphatic carbocycles. The van der Waals surface area contributed by atoms with E-state index in [0.29, 0.717) is 49.2 Å². The van der Waals surface area contributed by atoms with Gasteiger partial charge in [-0.1, -0.05) is 26.0 Å². The Kier molecular flexibility index (Phi) is 10.2. The third-order valence-corrected chi connectivity index (χ3v) is 6.73. The molecule has 3 rings (SSSR count). The van der Waals surface area contributed by atoms with E-state index in [1.807, 2.05) is 27.7 Å². The number of anilines is 1. The predicted octanol–water partition coefficient (Wildman–Crippen LogP) is 4.93. The van der Waals surface area contributed by atoms with Crippen LogP contribution in [0, 0.1) is 17.5 Å². The number of carbonyl (C=O) groups is 1. The average molecular weight is 538 g/mol. The third kappa shape index (κ3) is 7.73. The van der Waals surface area contributed by atoms with Crippen LogP contribution in [0.5, 0.6) is 5.75 Å². The van der Waals surface area contributed by atoms with Crippen molar-refractivity contribution in [2.75, 3.05) is 18.0 Å². The number of fused-ring (bicyclic) bond motifs is 1. The zero-order valence-electron chi connectivity index (χ0n) is 21.8. The second-order valence-electron chi connectivity index (χ2n) is 9.69. The number of nitrogens with zero attached hydrogens (tertiary/aromatic N) is 1. The van der Waals surface area contributed by atoms with Crippen molar-refractivity contribution in [1.29, 1.82) is 4.78 Å². The van der Waals surface area contributed by atoms with Gasteiger partial charge in [-0.3, -0.25) is 4.90 Å². The Morgan fingerprint density at radius 1 is 1.19 bits per heavy atom. The molecule has 9 nitrogen and oxygen atoms in total. The number of amides is 1. The highest BCUT2D eigenvalue weighted by Gasteiger charge is 2.43. The molecule has 1 atom stereocenters. The molecule has 2 aromatic rings. The minimum absolute atomic E-state index is 0.194. The number of β-amino-alcohol motifs (C(OH)–C–C–N with tert-alkyl or cyclic N) is 1. The number of hydrogen-bond acceptors (Lipinski definition) is 8. The zero-order valence-corrected chi connectivity index (χ0v) is 22.7. The maximum Gasteiger partial charge on any atom is 0.415 e. The van der Waals surface area contributed by atoms with E-state index in [9.17, 15) is 19.4 Å². The molecule has 0 aromatic heterocycles. The Hall–Kier alpha value is -3.02. The van der Waals surface area contributed by atoms with Crippen LogP contribution in [0.4, 0.5) is 14.9 Å². The molecule has 0 radical (unpaired) electrons. The number of aliphatic hydroxyl groups excluding tert-OH is 1. The molecule has 37 heavy (non-hydrogen) atoms. The number of phenols is 1. The number of aryl methyl sites for hydroxylation is 1. The molecule has 1 unspecified atom stereocenters. The predicted molar refractivity (Wildman–Crippen MR) is 139 cm³/mol. The van der Waals surface area contributed by atoms with Crippen molar-refractivity contribution in [3.8, 4) is 5.75 Å². The van der Waals surface area contributed by atoms with Gasteiger partial charge in [0.25, 0.3) is 0 Å². The van der Waals surface area contributed by atoms with Crippen molar-refractivity contribution >= 4 is 22.3 Å². The molecule has 11 heteroatoms. The highest BCUT2D eigenvalue weighted by molar-refractivity contribution is 7.60. The Bertz CT molecular complexity index is 1210. The number of ether oxygens (including phenoxy) is 1. The van der Waals surface area contributed by atoms with Crippen LogP contribution in [-0.4, -0.2) is 43.4 Å². The number of nitrogens with one attached hydrogen (secondary N) is 2. The van der Waals surface area contributed by atoms with Crippen molar-refractivity contribution in [1.82, 2.24) is 5.32 Å². The molecule has 0 bridgehead atoms. The summed E-state index contributed by atoms with van der Waals surface area (Å²) in [5.41, 5.74) is 1.66.